The summed E-state index contributed by atoms with van der Waals surface area (Å²) in [6, 6.07) is 3.11. The molecule has 0 unspecified atom stereocenters. The van der Waals surface area contributed by atoms with Crippen LogP contribution in [0.3, 0.4) is 0 Å². The molecule has 2 N–H and O–H groups in total. The lowest BCUT2D eigenvalue weighted by Gasteiger charge is -2.29. The summed E-state index contributed by atoms with van der Waals surface area (Å²) >= 11 is 0. The van der Waals surface area contributed by atoms with Crippen LogP contribution >= 0.6 is 0 Å². The molecule has 1 aromatic rings. The van der Waals surface area contributed by atoms with Crippen LogP contribution in [0, 0.1) is 5.41 Å². The fraction of sp³-hybridized carbons (Fsp3) is 0.500. The Morgan fingerprint density at radius 1 is 1.50 bits per heavy atom. The number of pyridine rings is 1. The molecule has 1 heterocycles. The number of hydrogen-bond donors (Lipinski definition) is 1. The second-order valence-corrected chi connectivity index (χ2v) is 4.95. The van der Waals surface area contributed by atoms with Crippen LogP contribution < -0.4 is 10.6 Å². The Balaban J connectivity index is 2.84. The van der Waals surface area contributed by atoms with Gasteiger partial charge in [-0.2, -0.15) is 0 Å². The molecule has 0 fully saturated rings. The van der Waals surface area contributed by atoms with Gasteiger partial charge in [-0.15, -0.1) is 0 Å². The molecule has 0 bridgehead atoms. The molecular weight excluding hydrogens is 202 g/mol. The first-order valence-electron chi connectivity index (χ1n) is 5.27. The zero-order valence-corrected chi connectivity index (χ0v) is 10.3. The van der Waals surface area contributed by atoms with Gasteiger partial charge in [0, 0.05) is 13.2 Å². The van der Waals surface area contributed by atoms with Gasteiger partial charge in [-0.1, -0.05) is 20.8 Å². The monoisotopic (exact) mass is 221 g/mol. The normalized spacial score (nSPS) is 13.3. The van der Waals surface area contributed by atoms with Crippen molar-refractivity contribution < 1.29 is 4.79 Å². The summed E-state index contributed by atoms with van der Waals surface area (Å²) in [5.74, 6) is -0.0968. The molecule has 0 aliphatic carbocycles. The minimum absolute atomic E-state index is 0.0968. The number of nitrogens with two attached hydrogens (primary N) is 1. The summed E-state index contributed by atoms with van der Waals surface area (Å²) in [7, 11) is 1.71. The Labute approximate surface area is 96.5 Å². The van der Waals surface area contributed by atoms with E-state index >= 15 is 0 Å². The van der Waals surface area contributed by atoms with Gasteiger partial charge in [0.1, 0.15) is 0 Å². The second-order valence-electron chi connectivity index (χ2n) is 4.95. The van der Waals surface area contributed by atoms with E-state index in [0.29, 0.717) is 0 Å². The lowest BCUT2D eigenvalue weighted by atomic mass is 9.86. The van der Waals surface area contributed by atoms with E-state index in [4.69, 9.17) is 5.73 Å². The predicted octanol–water partition coefficient (Wildman–Crippen LogP) is 1.42. The number of carbonyl (C=O) groups is 1. The van der Waals surface area contributed by atoms with Gasteiger partial charge in [-0.3, -0.25) is 9.78 Å². The highest BCUT2D eigenvalue weighted by molar-refractivity contribution is 5.96. The third kappa shape index (κ3) is 2.79. The molecule has 4 heteroatoms. The molecule has 0 aromatic carbocycles. The minimum atomic E-state index is -0.516. The maximum atomic E-state index is 12.1. The smallest absolute Gasteiger partial charge is 0.244 e. The van der Waals surface area contributed by atoms with Crippen molar-refractivity contribution in [2.24, 2.45) is 11.1 Å². The van der Waals surface area contributed by atoms with E-state index in [-0.39, 0.29) is 11.3 Å². The lowest BCUT2D eigenvalue weighted by Crippen LogP contribution is -2.49. The van der Waals surface area contributed by atoms with Gasteiger partial charge in [0.05, 0.1) is 17.9 Å². The first kappa shape index (κ1) is 12.6. The first-order valence-corrected chi connectivity index (χ1v) is 5.27. The first-order chi connectivity index (χ1) is 7.34. The van der Waals surface area contributed by atoms with Crippen LogP contribution in [0.1, 0.15) is 20.8 Å². The SMILES string of the molecule is CN(C(=O)[C@@H](N)C(C)(C)C)c1cccnc1. The van der Waals surface area contributed by atoms with Crippen LogP contribution in [0.15, 0.2) is 24.5 Å². The molecule has 16 heavy (non-hydrogen) atoms. The number of nitrogens with zero attached hydrogens (tertiary/aromatic N) is 2. The predicted molar refractivity (Wildman–Crippen MR) is 65.1 cm³/mol. The molecule has 0 saturated heterocycles. The van der Waals surface area contributed by atoms with E-state index in [1.54, 1.807) is 30.4 Å². The fourth-order valence-electron chi connectivity index (χ4n) is 1.26. The van der Waals surface area contributed by atoms with Crippen LogP contribution in [0.25, 0.3) is 0 Å². The maximum Gasteiger partial charge on any atom is 0.244 e. The molecular formula is C12H19N3O. The lowest BCUT2D eigenvalue weighted by molar-refractivity contribution is -0.121. The van der Waals surface area contributed by atoms with E-state index in [0.717, 1.165) is 5.69 Å². The van der Waals surface area contributed by atoms with Crippen molar-refractivity contribution in [1.82, 2.24) is 4.98 Å². The standard InChI is InChI=1S/C12H19N3O/c1-12(2,3)10(13)11(16)15(4)9-6-5-7-14-8-9/h5-8,10H,13H2,1-4H3/t10-/m1/s1. The molecule has 1 aromatic heterocycles. The number of aromatic nitrogens is 1. The zero-order valence-electron chi connectivity index (χ0n) is 10.3. The number of rotatable bonds is 2. The van der Waals surface area contributed by atoms with Crippen LogP contribution in [0.2, 0.25) is 0 Å². The highest BCUT2D eigenvalue weighted by Gasteiger charge is 2.30. The number of likely N-dealkylation sites (N-methyl/N-ethyl adjacent to an activating group) is 1. The van der Waals surface area contributed by atoms with Crippen LogP contribution in [0.5, 0.6) is 0 Å². The van der Waals surface area contributed by atoms with Crippen molar-refractivity contribution in [2.45, 2.75) is 26.8 Å². The fourth-order valence-corrected chi connectivity index (χ4v) is 1.26. The Morgan fingerprint density at radius 3 is 2.56 bits per heavy atom. The average molecular weight is 221 g/mol. The van der Waals surface area contributed by atoms with Gasteiger partial charge in [-0.25, -0.2) is 0 Å². The summed E-state index contributed by atoms with van der Waals surface area (Å²) in [5.41, 5.74) is 6.44. The van der Waals surface area contributed by atoms with Gasteiger partial charge in [-0.05, 0) is 17.5 Å². The van der Waals surface area contributed by atoms with Crippen molar-refractivity contribution in [2.75, 3.05) is 11.9 Å². The van der Waals surface area contributed by atoms with Crippen LogP contribution in [0.4, 0.5) is 5.69 Å². The number of anilines is 1. The quantitative estimate of drug-likeness (QED) is 0.821. The molecule has 0 aliphatic heterocycles. The van der Waals surface area contributed by atoms with E-state index < -0.39 is 6.04 Å². The van der Waals surface area contributed by atoms with E-state index in [2.05, 4.69) is 4.98 Å². The van der Waals surface area contributed by atoms with Crippen LogP contribution in [-0.2, 0) is 4.79 Å². The number of hydrogen-bond acceptors (Lipinski definition) is 3. The molecule has 1 amide bonds. The van der Waals surface area contributed by atoms with Crippen molar-refractivity contribution in [3.63, 3.8) is 0 Å². The highest BCUT2D eigenvalue weighted by Crippen LogP contribution is 2.20. The van der Waals surface area contributed by atoms with Crippen molar-refractivity contribution in [3.05, 3.63) is 24.5 Å². The zero-order chi connectivity index (χ0) is 12.3. The average Bonchev–Trinajstić information content (AvgIpc) is 2.26. The summed E-state index contributed by atoms with van der Waals surface area (Å²) < 4.78 is 0. The molecule has 88 valence electrons. The van der Waals surface area contributed by atoms with Gasteiger partial charge in [0.2, 0.25) is 5.91 Å². The Kier molecular flexibility index (Phi) is 3.65. The summed E-state index contributed by atoms with van der Waals surface area (Å²) in [5, 5.41) is 0. The highest BCUT2D eigenvalue weighted by atomic mass is 16.2. The van der Waals surface area contributed by atoms with Crippen LogP contribution in [-0.4, -0.2) is 24.0 Å². The topological polar surface area (TPSA) is 59.2 Å². The largest absolute Gasteiger partial charge is 0.319 e. The summed E-state index contributed by atoms with van der Waals surface area (Å²) in [4.78, 5) is 17.6. The van der Waals surface area contributed by atoms with Gasteiger partial charge in [0.15, 0.2) is 0 Å². The third-order valence-electron chi connectivity index (χ3n) is 2.56. The number of carbonyl (C=O) groups excluding carboxylic acids is 1. The third-order valence-corrected chi connectivity index (χ3v) is 2.56. The molecule has 1 rings (SSSR count). The molecule has 1 atom stereocenters. The minimum Gasteiger partial charge on any atom is -0.319 e. The van der Waals surface area contributed by atoms with E-state index in [1.807, 2.05) is 26.8 Å². The second kappa shape index (κ2) is 4.61. The molecule has 0 saturated carbocycles. The summed E-state index contributed by atoms with van der Waals surface area (Å²) in [6.07, 6.45) is 3.32. The van der Waals surface area contributed by atoms with Crippen molar-refractivity contribution in [1.29, 1.82) is 0 Å². The molecule has 4 nitrogen and oxygen atoms in total. The molecule has 0 spiro atoms. The van der Waals surface area contributed by atoms with E-state index in [1.165, 1.54) is 0 Å². The van der Waals surface area contributed by atoms with Crippen molar-refractivity contribution >= 4 is 11.6 Å². The Hall–Kier alpha value is -1.42. The Bertz CT molecular complexity index is 356. The molecule has 0 radical (unpaired) electrons. The molecule has 0 aliphatic rings. The number of amides is 1. The maximum absolute atomic E-state index is 12.1. The van der Waals surface area contributed by atoms with Gasteiger partial charge in [0.25, 0.3) is 0 Å². The Morgan fingerprint density at radius 2 is 2.12 bits per heavy atom. The van der Waals surface area contributed by atoms with E-state index in [9.17, 15) is 4.79 Å². The summed E-state index contributed by atoms with van der Waals surface area (Å²) in [6.45, 7) is 5.85. The van der Waals surface area contributed by atoms with Gasteiger partial charge >= 0.3 is 0 Å². The van der Waals surface area contributed by atoms with Gasteiger partial charge < -0.3 is 10.6 Å². The van der Waals surface area contributed by atoms with Crippen molar-refractivity contribution in [3.8, 4) is 0 Å².